The number of nitrogens with zero attached hydrogens (tertiary/aromatic N) is 5. The van der Waals surface area contributed by atoms with E-state index in [0.717, 1.165) is 42.9 Å². The highest BCUT2D eigenvalue weighted by Gasteiger charge is 2.42. The number of ether oxygens (including phenoxy) is 1. The topological polar surface area (TPSA) is 130 Å². The maximum atomic E-state index is 12.6. The minimum atomic E-state index is -0.221. The summed E-state index contributed by atoms with van der Waals surface area (Å²) in [5.41, 5.74) is 8.27. The van der Waals surface area contributed by atoms with Crippen LogP contribution in [0.25, 0.3) is 16.7 Å². The number of halogens is 1. The van der Waals surface area contributed by atoms with Gasteiger partial charge < -0.3 is 20.7 Å². The number of pyridine rings is 3. The maximum Gasteiger partial charge on any atom is 0.271 e. The molecular formula is C28H28ClN7O2. The van der Waals surface area contributed by atoms with Crippen molar-refractivity contribution in [2.24, 2.45) is 17.6 Å². The molecule has 1 saturated heterocycles. The van der Waals surface area contributed by atoms with Crippen LogP contribution in [0, 0.1) is 23.2 Å². The van der Waals surface area contributed by atoms with E-state index in [0.29, 0.717) is 34.9 Å². The summed E-state index contributed by atoms with van der Waals surface area (Å²) < 4.78 is 5.62. The lowest BCUT2D eigenvalue weighted by Gasteiger charge is -2.21. The number of carbonyl (C=O) groups is 1. The van der Waals surface area contributed by atoms with Crippen molar-refractivity contribution < 1.29 is 9.53 Å². The van der Waals surface area contributed by atoms with E-state index in [1.165, 1.54) is 6.20 Å². The normalized spacial score (nSPS) is 20.6. The predicted octanol–water partition coefficient (Wildman–Crippen LogP) is 4.06. The Morgan fingerprint density at radius 3 is 2.63 bits per heavy atom. The molecule has 3 N–H and O–H groups in total. The lowest BCUT2D eigenvalue weighted by atomic mass is 10.0. The molecule has 3 aromatic heterocycles. The number of carbonyl (C=O) groups excluding carboxylic acids is 1. The highest BCUT2D eigenvalue weighted by Crippen LogP contribution is 2.40. The lowest BCUT2D eigenvalue weighted by Crippen LogP contribution is -2.35. The fourth-order valence-corrected chi connectivity index (χ4v) is 5.65. The molecule has 4 heterocycles. The number of aromatic nitrogens is 3. The van der Waals surface area contributed by atoms with Crippen molar-refractivity contribution in [2.45, 2.75) is 25.8 Å². The maximum absolute atomic E-state index is 12.6. The van der Waals surface area contributed by atoms with E-state index >= 15 is 0 Å². The Hall–Kier alpha value is -4.16. The first-order valence-corrected chi connectivity index (χ1v) is 13.0. The lowest BCUT2D eigenvalue weighted by molar-refractivity contribution is 0.0931. The molecule has 1 saturated carbocycles. The molecule has 1 aliphatic carbocycles. The average Bonchev–Trinajstić information content (AvgIpc) is 3.49. The molecule has 3 aromatic rings. The molecule has 38 heavy (non-hydrogen) atoms. The Morgan fingerprint density at radius 1 is 1.21 bits per heavy atom. The second kappa shape index (κ2) is 11.1. The van der Waals surface area contributed by atoms with Crippen molar-refractivity contribution in [3.63, 3.8) is 0 Å². The number of amides is 1. The van der Waals surface area contributed by atoms with E-state index in [2.05, 4.69) is 26.3 Å². The Bertz CT molecular complexity index is 1390. The van der Waals surface area contributed by atoms with Gasteiger partial charge in [0.1, 0.15) is 23.3 Å². The third-order valence-electron chi connectivity index (χ3n) is 7.16. The van der Waals surface area contributed by atoms with Crippen molar-refractivity contribution in [2.75, 3.05) is 24.6 Å². The fraction of sp³-hybridized carbons (Fsp3) is 0.321. The van der Waals surface area contributed by atoms with Crippen molar-refractivity contribution in [1.82, 2.24) is 20.3 Å². The Morgan fingerprint density at radius 2 is 2.00 bits per heavy atom. The van der Waals surface area contributed by atoms with Crippen LogP contribution in [0.5, 0.6) is 5.75 Å². The number of nitrogens with one attached hydrogen (secondary N) is 1. The van der Waals surface area contributed by atoms with Gasteiger partial charge in [-0.1, -0.05) is 11.6 Å². The summed E-state index contributed by atoms with van der Waals surface area (Å²) in [6, 6.07) is 11.4. The van der Waals surface area contributed by atoms with Crippen LogP contribution in [0.3, 0.4) is 0 Å². The minimum Gasteiger partial charge on any atom is -0.492 e. The standard InChI is InChI=1S/C28H28ClN7O2/c1-2-38-22-10-23(26(34-14-22)20(11-30)12-31)17-5-6-25(33-13-17)36-15-18-8-21(9-19(18)16-36)35-28(37)27-24(29)4-3-7-32-27/h3-7,10-11,13-14,18-19,21H,2,8-9,15-16,30H2,1H3,(H,35,37)/t18-,19+,21?. The molecule has 2 aliphatic rings. The molecule has 1 amide bonds. The summed E-state index contributed by atoms with van der Waals surface area (Å²) in [5, 5.41) is 13.0. The highest BCUT2D eigenvalue weighted by atomic mass is 35.5. The zero-order chi connectivity index (χ0) is 26.6. The number of rotatable bonds is 7. The van der Waals surface area contributed by atoms with E-state index in [9.17, 15) is 10.1 Å². The quantitative estimate of drug-likeness (QED) is 0.438. The molecule has 5 rings (SSSR count). The van der Waals surface area contributed by atoms with Crippen molar-refractivity contribution >= 4 is 28.9 Å². The molecular weight excluding hydrogens is 502 g/mol. The van der Waals surface area contributed by atoms with Gasteiger partial charge in [0.05, 0.1) is 29.1 Å². The van der Waals surface area contributed by atoms with Crippen molar-refractivity contribution in [1.29, 1.82) is 5.26 Å². The van der Waals surface area contributed by atoms with E-state index in [-0.39, 0.29) is 23.2 Å². The number of nitrogens with two attached hydrogens (primary N) is 1. The van der Waals surface area contributed by atoms with Crippen LogP contribution in [0.4, 0.5) is 5.82 Å². The minimum absolute atomic E-state index is 0.113. The highest BCUT2D eigenvalue weighted by molar-refractivity contribution is 6.33. The van der Waals surface area contributed by atoms with Crippen LogP contribution < -0.4 is 20.7 Å². The molecule has 1 aliphatic heterocycles. The van der Waals surface area contributed by atoms with Gasteiger partial charge in [0.25, 0.3) is 5.91 Å². The third-order valence-corrected chi connectivity index (χ3v) is 7.46. The second-order valence-electron chi connectivity index (χ2n) is 9.50. The number of nitriles is 1. The Kier molecular flexibility index (Phi) is 7.43. The number of anilines is 1. The van der Waals surface area contributed by atoms with Crippen LogP contribution in [-0.2, 0) is 0 Å². The molecule has 0 spiro atoms. The van der Waals surface area contributed by atoms with Crippen LogP contribution >= 0.6 is 11.6 Å². The number of allylic oxidation sites excluding steroid dienone is 1. The van der Waals surface area contributed by atoms with Crippen molar-refractivity contribution in [3.8, 4) is 22.9 Å². The summed E-state index contributed by atoms with van der Waals surface area (Å²) >= 11 is 6.13. The van der Waals surface area contributed by atoms with Gasteiger partial charge in [-0.25, -0.2) is 9.97 Å². The van der Waals surface area contributed by atoms with Gasteiger partial charge in [-0.3, -0.25) is 9.78 Å². The summed E-state index contributed by atoms with van der Waals surface area (Å²) in [7, 11) is 0. The van der Waals surface area contributed by atoms with E-state index in [1.807, 2.05) is 25.1 Å². The summed E-state index contributed by atoms with van der Waals surface area (Å²) in [6.07, 6.45) is 8.05. The Balaban J connectivity index is 1.26. The largest absolute Gasteiger partial charge is 0.492 e. The molecule has 0 aromatic carbocycles. The van der Waals surface area contributed by atoms with Gasteiger partial charge >= 0.3 is 0 Å². The molecule has 3 atom stereocenters. The van der Waals surface area contributed by atoms with E-state index in [4.69, 9.17) is 27.1 Å². The zero-order valence-corrected chi connectivity index (χ0v) is 21.7. The van der Waals surface area contributed by atoms with Gasteiger partial charge in [0.15, 0.2) is 0 Å². The summed E-state index contributed by atoms with van der Waals surface area (Å²) in [4.78, 5) is 28.2. The van der Waals surface area contributed by atoms with Crippen LogP contribution in [0.15, 0.2) is 55.1 Å². The van der Waals surface area contributed by atoms with Crippen molar-refractivity contribution in [3.05, 3.63) is 71.5 Å². The molecule has 194 valence electrons. The third kappa shape index (κ3) is 5.13. The summed E-state index contributed by atoms with van der Waals surface area (Å²) in [5.74, 6) is 2.25. The first kappa shape index (κ1) is 25.5. The zero-order valence-electron chi connectivity index (χ0n) is 21.0. The number of fused-ring (bicyclic) bond motifs is 1. The van der Waals surface area contributed by atoms with Crippen LogP contribution in [-0.4, -0.2) is 46.6 Å². The molecule has 10 heteroatoms. The fourth-order valence-electron chi connectivity index (χ4n) is 5.44. The molecule has 0 radical (unpaired) electrons. The van der Waals surface area contributed by atoms with E-state index < -0.39 is 0 Å². The first-order chi connectivity index (χ1) is 18.5. The molecule has 0 bridgehead atoms. The van der Waals surface area contributed by atoms with E-state index in [1.54, 1.807) is 30.7 Å². The van der Waals surface area contributed by atoms with Gasteiger partial charge in [0.2, 0.25) is 0 Å². The van der Waals surface area contributed by atoms with Gasteiger partial charge in [-0.2, -0.15) is 5.26 Å². The van der Waals surface area contributed by atoms with Crippen LogP contribution in [0.2, 0.25) is 5.02 Å². The number of hydrogen-bond acceptors (Lipinski definition) is 8. The molecule has 2 fully saturated rings. The first-order valence-electron chi connectivity index (χ1n) is 12.6. The average molecular weight is 530 g/mol. The van der Waals surface area contributed by atoms with Crippen LogP contribution in [0.1, 0.15) is 35.9 Å². The molecule has 9 nitrogen and oxygen atoms in total. The SMILES string of the molecule is CCOc1cnc(C(C#N)=CN)c(-c2ccc(N3C[C@H]4CC(NC(=O)c5ncccc5Cl)C[C@H]4C3)nc2)c1. The van der Waals surface area contributed by atoms with Gasteiger partial charge in [-0.15, -0.1) is 0 Å². The number of hydrogen-bond donors (Lipinski definition) is 2. The predicted molar refractivity (Wildman–Crippen MR) is 145 cm³/mol. The summed E-state index contributed by atoms with van der Waals surface area (Å²) in [6.45, 7) is 4.18. The monoisotopic (exact) mass is 529 g/mol. The second-order valence-corrected chi connectivity index (χ2v) is 9.91. The molecule has 1 unspecified atom stereocenters. The Labute approximate surface area is 226 Å². The van der Waals surface area contributed by atoms with Gasteiger partial charge in [0, 0.05) is 48.9 Å². The smallest absolute Gasteiger partial charge is 0.271 e. The van der Waals surface area contributed by atoms with Gasteiger partial charge in [-0.05, 0) is 61.9 Å².